The number of benzene rings is 1. The molecule has 21 heavy (non-hydrogen) atoms. The molecule has 1 rings (SSSR count). The molecule has 0 fully saturated rings. The van der Waals surface area contributed by atoms with Gasteiger partial charge in [-0.25, -0.2) is 14.4 Å². The minimum atomic E-state index is -1.53. The topological polar surface area (TPSA) is 92.7 Å². The number of carbonyl (C=O) groups is 2. The van der Waals surface area contributed by atoms with Crippen LogP contribution in [0.25, 0.3) is 5.57 Å². The van der Waals surface area contributed by atoms with E-state index in [1.807, 2.05) is 0 Å². The quantitative estimate of drug-likeness (QED) is 0.826. The number of carboxylic acids is 1. The molecule has 1 atom stereocenters. The summed E-state index contributed by atoms with van der Waals surface area (Å²) in [5.41, 5.74) is -0.574. The molecule has 2 N–H and O–H groups in total. The third kappa shape index (κ3) is 5.12. The molecular formula is C15H17NO5. The van der Waals surface area contributed by atoms with Gasteiger partial charge in [0.2, 0.25) is 0 Å². The Kier molecular flexibility index (Phi) is 5.27. The number of ether oxygens (including phenoxy) is 1. The Morgan fingerprint density at radius 3 is 2.24 bits per heavy atom. The second kappa shape index (κ2) is 6.72. The van der Waals surface area contributed by atoms with Gasteiger partial charge in [0, 0.05) is 0 Å². The van der Waals surface area contributed by atoms with E-state index in [9.17, 15) is 19.5 Å². The van der Waals surface area contributed by atoms with Crippen molar-refractivity contribution < 1.29 is 24.2 Å². The van der Waals surface area contributed by atoms with Crippen LogP contribution in [0.1, 0.15) is 26.3 Å². The lowest BCUT2D eigenvalue weighted by molar-refractivity contribution is -0.137. The summed E-state index contributed by atoms with van der Waals surface area (Å²) in [5, 5.41) is 11.4. The van der Waals surface area contributed by atoms with Crippen LogP contribution in [-0.2, 0) is 14.3 Å². The molecule has 0 saturated carbocycles. The second-order valence-electron chi connectivity index (χ2n) is 5.30. The molecule has 0 radical (unpaired) electrons. The van der Waals surface area contributed by atoms with Crippen molar-refractivity contribution in [2.75, 3.05) is 0 Å². The molecule has 6 nitrogen and oxygen atoms in total. The summed E-state index contributed by atoms with van der Waals surface area (Å²) in [7, 11) is 0. The first kappa shape index (κ1) is 16.5. The predicted octanol–water partition coefficient (Wildman–Crippen LogP) is 1.88. The molecule has 0 aromatic heterocycles. The molecule has 0 unspecified atom stereocenters. The molecule has 1 aromatic carbocycles. The van der Waals surface area contributed by atoms with E-state index in [1.165, 1.54) is 0 Å². The highest BCUT2D eigenvalue weighted by Gasteiger charge is 2.28. The van der Waals surface area contributed by atoms with E-state index in [-0.39, 0.29) is 5.57 Å². The fourth-order valence-electron chi connectivity index (χ4n) is 1.59. The van der Waals surface area contributed by atoms with Gasteiger partial charge in [-0.3, -0.25) is 0 Å². The Bertz CT molecular complexity index is 567. The number of carbonyl (C=O) groups excluding carboxylic acids is 2. The van der Waals surface area contributed by atoms with Crippen molar-refractivity contribution in [1.82, 2.24) is 5.32 Å². The Morgan fingerprint density at radius 2 is 1.81 bits per heavy atom. The zero-order chi connectivity index (χ0) is 16.0. The van der Waals surface area contributed by atoms with Gasteiger partial charge in [-0.05, 0) is 26.3 Å². The lowest BCUT2D eigenvalue weighted by atomic mass is 10.0. The summed E-state index contributed by atoms with van der Waals surface area (Å²) in [5.74, 6) is 0.211. The summed E-state index contributed by atoms with van der Waals surface area (Å²) in [4.78, 5) is 34.1. The van der Waals surface area contributed by atoms with E-state index >= 15 is 0 Å². The third-order valence-corrected chi connectivity index (χ3v) is 2.39. The first-order valence-corrected chi connectivity index (χ1v) is 6.27. The first-order chi connectivity index (χ1) is 9.74. The molecule has 0 saturated heterocycles. The molecule has 1 aromatic rings. The molecule has 0 aliphatic rings. The number of amides is 1. The molecule has 0 aliphatic heterocycles. The van der Waals surface area contributed by atoms with Gasteiger partial charge in [0.05, 0.1) is 5.57 Å². The minimum absolute atomic E-state index is 0.172. The molecule has 0 heterocycles. The number of alkyl carbamates (subject to hydrolysis) is 1. The van der Waals surface area contributed by atoms with Crippen LogP contribution in [0.2, 0.25) is 0 Å². The van der Waals surface area contributed by atoms with E-state index < -0.39 is 23.7 Å². The van der Waals surface area contributed by atoms with E-state index in [4.69, 9.17) is 4.74 Å². The highest BCUT2D eigenvalue weighted by Crippen LogP contribution is 2.16. The number of hydrogen-bond donors (Lipinski definition) is 2. The number of aliphatic carboxylic acids is 1. The minimum Gasteiger partial charge on any atom is -0.479 e. The van der Waals surface area contributed by atoms with Crippen LogP contribution in [0, 0.1) is 0 Å². The van der Waals surface area contributed by atoms with Crippen LogP contribution in [0.5, 0.6) is 0 Å². The number of rotatable bonds is 4. The molecule has 1 amide bonds. The van der Waals surface area contributed by atoms with E-state index in [1.54, 1.807) is 57.0 Å². The third-order valence-electron chi connectivity index (χ3n) is 2.39. The number of carboxylic acid groups (broad SMARTS) is 1. The maximum absolute atomic E-state index is 11.7. The van der Waals surface area contributed by atoms with Crippen LogP contribution in [0.15, 0.2) is 30.3 Å². The SMILES string of the molecule is CC(C)(C)OC(=O)N[C@H](C(=O)O)C(=C=O)c1ccccc1. The van der Waals surface area contributed by atoms with Crippen LogP contribution in [0.3, 0.4) is 0 Å². The highest BCUT2D eigenvalue weighted by atomic mass is 16.6. The normalized spacial score (nSPS) is 12.0. The Labute approximate surface area is 122 Å². The zero-order valence-corrected chi connectivity index (χ0v) is 12.0. The molecule has 0 bridgehead atoms. The van der Waals surface area contributed by atoms with Crippen molar-refractivity contribution in [3.8, 4) is 0 Å². The average Bonchev–Trinajstić information content (AvgIpc) is 2.37. The van der Waals surface area contributed by atoms with Gasteiger partial charge < -0.3 is 15.2 Å². The van der Waals surface area contributed by atoms with E-state index in [0.29, 0.717) is 5.56 Å². The monoisotopic (exact) mass is 291 g/mol. The number of hydrogen-bond acceptors (Lipinski definition) is 4. The van der Waals surface area contributed by atoms with Crippen molar-refractivity contribution >= 4 is 23.6 Å². The summed E-state index contributed by atoms with van der Waals surface area (Å²) in [6, 6.07) is 6.63. The maximum Gasteiger partial charge on any atom is 0.408 e. The van der Waals surface area contributed by atoms with Crippen molar-refractivity contribution in [1.29, 1.82) is 0 Å². The smallest absolute Gasteiger partial charge is 0.408 e. The van der Waals surface area contributed by atoms with Crippen LogP contribution >= 0.6 is 0 Å². The summed E-state index contributed by atoms with van der Waals surface area (Å²) in [6.07, 6.45) is -0.918. The Morgan fingerprint density at radius 1 is 1.24 bits per heavy atom. The van der Waals surface area contributed by atoms with Gasteiger partial charge in [0.25, 0.3) is 0 Å². The van der Waals surface area contributed by atoms with Gasteiger partial charge in [-0.15, -0.1) is 0 Å². The Hall–Kier alpha value is -2.59. The average molecular weight is 291 g/mol. The maximum atomic E-state index is 11.7. The van der Waals surface area contributed by atoms with Crippen LogP contribution < -0.4 is 5.32 Å². The van der Waals surface area contributed by atoms with Crippen LogP contribution in [0.4, 0.5) is 4.79 Å². The van der Waals surface area contributed by atoms with E-state index in [0.717, 1.165) is 0 Å². The molecule has 0 aliphatic carbocycles. The zero-order valence-electron chi connectivity index (χ0n) is 12.0. The van der Waals surface area contributed by atoms with Gasteiger partial charge >= 0.3 is 12.1 Å². The first-order valence-electron chi connectivity index (χ1n) is 6.27. The summed E-state index contributed by atoms with van der Waals surface area (Å²) in [6.45, 7) is 4.95. The van der Waals surface area contributed by atoms with Crippen molar-refractivity contribution in [2.45, 2.75) is 32.4 Å². The number of nitrogens with one attached hydrogen (secondary N) is 1. The lowest BCUT2D eigenvalue weighted by Crippen LogP contribution is -2.44. The standard InChI is InChI=1S/C15H17NO5/c1-15(2,3)21-14(20)16-12(13(18)19)11(9-17)10-7-5-4-6-8-10/h4-8,12H,1-3H3,(H,16,20)(H,18,19)/t12-/m0/s1. The van der Waals surface area contributed by atoms with Crippen molar-refractivity contribution in [2.24, 2.45) is 0 Å². The Balaban J connectivity index is 2.99. The molecule has 0 spiro atoms. The van der Waals surface area contributed by atoms with Gasteiger partial charge in [-0.1, -0.05) is 30.3 Å². The van der Waals surface area contributed by atoms with E-state index in [2.05, 4.69) is 5.32 Å². The van der Waals surface area contributed by atoms with Crippen LogP contribution in [-0.4, -0.2) is 34.8 Å². The fourth-order valence-corrected chi connectivity index (χ4v) is 1.59. The molecule has 112 valence electrons. The largest absolute Gasteiger partial charge is 0.479 e. The lowest BCUT2D eigenvalue weighted by Gasteiger charge is -2.22. The van der Waals surface area contributed by atoms with Crippen molar-refractivity contribution in [3.63, 3.8) is 0 Å². The van der Waals surface area contributed by atoms with Crippen molar-refractivity contribution in [3.05, 3.63) is 35.9 Å². The summed E-state index contributed by atoms with van der Waals surface area (Å²) >= 11 is 0. The summed E-state index contributed by atoms with van der Waals surface area (Å²) < 4.78 is 4.99. The van der Waals surface area contributed by atoms with Gasteiger partial charge in [0.1, 0.15) is 11.5 Å². The molecular weight excluding hydrogens is 274 g/mol. The molecule has 6 heteroatoms. The highest BCUT2D eigenvalue weighted by molar-refractivity contribution is 6.03. The predicted molar refractivity (Wildman–Crippen MR) is 76.3 cm³/mol. The van der Waals surface area contributed by atoms with Gasteiger partial charge in [0.15, 0.2) is 6.04 Å². The second-order valence-corrected chi connectivity index (χ2v) is 5.30. The fraction of sp³-hybridized carbons (Fsp3) is 0.333. The van der Waals surface area contributed by atoms with Gasteiger partial charge in [-0.2, -0.15) is 0 Å².